The maximum absolute atomic E-state index is 4.68. The second kappa shape index (κ2) is 4.45. The topological polar surface area (TPSA) is 17.8 Å². The second-order valence-corrected chi connectivity index (χ2v) is 6.73. The van der Waals surface area contributed by atoms with E-state index in [1.54, 1.807) is 0 Å². The average molecular weight is 298 g/mol. The summed E-state index contributed by atoms with van der Waals surface area (Å²) in [7, 11) is 0. The number of nitrogens with zero attached hydrogens (tertiary/aromatic N) is 2. The first kappa shape index (κ1) is 12.9. The van der Waals surface area contributed by atoms with Gasteiger partial charge in [-0.2, -0.15) is 0 Å². The largest absolute Gasteiger partial charge is 0.320 e. The monoisotopic (exact) mass is 298 g/mol. The van der Waals surface area contributed by atoms with E-state index >= 15 is 0 Å². The molecule has 1 aromatic heterocycles. The van der Waals surface area contributed by atoms with Crippen LogP contribution in [0.3, 0.4) is 0 Å². The minimum atomic E-state index is 0.133. The van der Waals surface area contributed by atoms with Gasteiger partial charge >= 0.3 is 0 Å². The Morgan fingerprint density at radius 1 is 1.09 bits per heavy atom. The molecule has 0 saturated heterocycles. The van der Waals surface area contributed by atoms with E-state index < -0.39 is 0 Å². The molecule has 5 rings (SSSR count). The smallest absolute Gasteiger partial charge is 0.0966 e. The van der Waals surface area contributed by atoms with E-state index in [2.05, 4.69) is 83.2 Å². The Morgan fingerprint density at radius 2 is 2.00 bits per heavy atom. The van der Waals surface area contributed by atoms with Crippen molar-refractivity contribution in [1.29, 1.82) is 0 Å². The predicted molar refractivity (Wildman–Crippen MR) is 94.3 cm³/mol. The Kier molecular flexibility index (Phi) is 2.49. The normalized spacial score (nSPS) is 24.8. The van der Waals surface area contributed by atoms with E-state index in [9.17, 15) is 0 Å². The summed E-state index contributed by atoms with van der Waals surface area (Å²) in [5.41, 5.74) is 6.21. The van der Waals surface area contributed by atoms with Gasteiger partial charge in [0.1, 0.15) is 0 Å². The zero-order valence-electron chi connectivity index (χ0n) is 13.1. The van der Waals surface area contributed by atoms with Gasteiger partial charge in [0.2, 0.25) is 0 Å². The summed E-state index contributed by atoms with van der Waals surface area (Å²) >= 11 is 0. The van der Waals surface area contributed by atoms with Gasteiger partial charge in [-0.1, -0.05) is 60.2 Å². The maximum atomic E-state index is 4.68. The lowest BCUT2D eigenvalue weighted by Gasteiger charge is -2.17. The summed E-state index contributed by atoms with van der Waals surface area (Å²) in [6.07, 6.45) is 12.2. The van der Waals surface area contributed by atoms with Crippen LogP contribution < -0.4 is 0 Å². The number of rotatable bonds is 2. The fourth-order valence-corrected chi connectivity index (χ4v) is 3.85. The fourth-order valence-electron chi connectivity index (χ4n) is 3.85. The molecular formula is C21H18N2. The lowest BCUT2D eigenvalue weighted by molar-refractivity contribution is 0.578. The lowest BCUT2D eigenvalue weighted by Crippen LogP contribution is -2.16. The van der Waals surface area contributed by atoms with Crippen molar-refractivity contribution < 1.29 is 0 Å². The third kappa shape index (κ3) is 1.84. The minimum Gasteiger partial charge on any atom is -0.320 e. The summed E-state index contributed by atoms with van der Waals surface area (Å²) in [4.78, 5) is 4.68. The maximum Gasteiger partial charge on any atom is 0.0966 e. The summed E-state index contributed by atoms with van der Waals surface area (Å²) in [5, 5.41) is 0. The van der Waals surface area contributed by atoms with E-state index in [1.807, 2.05) is 6.33 Å². The van der Waals surface area contributed by atoms with Gasteiger partial charge < -0.3 is 4.57 Å². The van der Waals surface area contributed by atoms with Crippen LogP contribution in [0.5, 0.6) is 0 Å². The minimum absolute atomic E-state index is 0.133. The molecule has 1 saturated carbocycles. The molecule has 112 valence electrons. The Balaban J connectivity index is 1.62. The lowest BCUT2D eigenvalue weighted by atomic mass is 10.0. The molecule has 2 unspecified atom stereocenters. The molecule has 2 aromatic carbocycles. The predicted octanol–water partition coefficient (Wildman–Crippen LogP) is 4.85. The molecule has 2 aliphatic carbocycles. The number of allylic oxidation sites excluding steroid dienone is 4. The quantitative estimate of drug-likeness (QED) is 0.661. The van der Waals surface area contributed by atoms with Crippen LogP contribution in [0.25, 0.3) is 22.2 Å². The van der Waals surface area contributed by atoms with Crippen LogP contribution in [0.4, 0.5) is 0 Å². The molecule has 0 radical (unpaired) electrons. The molecule has 1 fully saturated rings. The molecule has 0 N–H and O–H groups in total. The zero-order valence-corrected chi connectivity index (χ0v) is 13.1. The molecule has 2 nitrogen and oxygen atoms in total. The molecule has 0 amide bonds. The number of aromatic nitrogens is 2. The summed E-state index contributed by atoms with van der Waals surface area (Å²) in [5.74, 6) is 0.626. The first-order chi connectivity index (χ1) is 11.3. The van der Waals surface area contributed by atoms with Crippen LogP contribution in [-0.2, 0) is 5.54 Å². The van der Waals surface area contributed by atoms with E-state index in [0.29, 0.717) is 5.92 Å². The first-order valence-corrected chi connectivity index (χ1v) is 8.17. The van der Waals surface area contributed by atoms with Gasteiger partial charge in [0, 0.05) is 5.92 Å². The highest BCUT2D eigenvalue weighted by atomic mass is 15.2. The number of fused-ring (bicyclic) bond motifs is 2. The van der Waals surface area contributed by atoms with Crippen molar-refractivity contribution in [2.75, 3.05) is 0 Å². The van der Waals surface area contributed by atoms with Gasteiger partial charge in [-0.15, -0.1) is 0 Å². The number of benzene rings is 2. The summed E-state index contributed by atoms with van der Waals surface area (Å²) < 4.78 is 2.35. The van der Waals surface area contributed by atoms with Crippen LogP contribution in [0, 0.1) is 12.8 Å². The Hall–Kier alpha value is -2.61. The number of aryl methyl sites for hydroxylation is 1. The van der Waals surface area contributed by atoms with Crippen molar-refractivity contribution in [3.63, 3.8) is 0 Å². The molecular weight excluding hydrogens is 280 g/mol. The standard InChI is InChI=1S/C21H18N2/c1-15-5-4-6-16(11-15)17-8-9-20-19(12-17)22-14-23(20)21-10-3-2-7-18(21)13-21/h2-12,14,18H,13H2,1H3. The first-order valence-electron chi connectivity index (χ1n) is 8.17. The van der Waals surface area contributed by atoms with Gasteiger partial charge in [-0.05, 0) is 36.6 Å². The van der Waals surface area contributed by atoms with Gasteiger partial charge in [-0.25, -0.2) is 4.98 Å². The Morgan fingerprint density at radius 3 is 2.87 bits per heavy atom. The zero-order chi connectivity index (χ0) is 15.4. The second-order valence-electron chi connectivity index (χ2n) is 6.73. The Labute approximate surface area is 135 Å². The highest BCUT2D eigenvalue weighted by Crippen LogP contribution is 2.55. The molecule has 0 spiro atoms. The molecule has 0 bridgehead atoms. The van der Waals surface area contributed by atoms with Crippen LogP contribution in [0.1, 0.15) is 12.0 Å². The van der Waals surface area contributed by atoms with E-state index in [1.165, 1.54) is 28.6 Å². The molecule has 0 aliphatic heterocycles. The Bertz CT molecular complexity index is 976. The van der Waals surface area contributed by atoms with Gasteiger partial charge in [0.25, 0.3) is 0 Å². The van der Waals surface area contributed by atoms with Crippen molar-refractivity contribution >= 4 is 11.0 Å². The number of imidazole rings is 1. The van der Waals surface area contributed by atoms with Crippen molar-refractivity contribution in [1.82, 2.24) is 9.55 Å². The van der Waals surface area contributed by atoms with Gasteiger partial charge in [-0.3, -0.25) is 0 Å². The summed E-state index contributed by atoms with van der Waals surface area (Å²) in [6, 6.07) is 15.3. The fraction of sp³-hybridized carbons (Fsp3) is 0.190. The van der Waals surface area contributed by atoms with E-state index in [-0.39, 0.29) is 5.54 Å². The number of hydrogen-bond acceptors (Lipinski definition) is 1. The third-order valence-corrected chi connectivity index (χ3v) is 5.22. The molecule has 3 aromatic rings. The van der Waals surface area contributed by atoms with Crippen molar-refractivity contribution in [2.24, 2.45) is 5.92 Å². The van der Waals surface area contributed by atoms with E-state index in [4.69, 9.17) is 0 Å². The van der Waals surface area contributed by atoms with Crippen molar-refractivity contribution in [3.05, 3.63) is 78.7 Å². The molecule has 23 heavy (non-hydrogen) atoms. The van der Waals surface area contributed by atoms with Crippen LogP contribution in [0.2, 0.25) is 0 Å². The molecule has 2 aliphatic rings. The molecule has 1 heterocycles. The van der Waals surface area contributed by atoms with Crippen molar-refractivity contribution in [2.45, 2.75) is 18.9 Å². The van der Waals surface area contributed by atoms with Crippen LogP contribution in [0.15, 0.2) is 73.1 Å². The van der Waals surface area contributed by atoms with E-state index in [0.717, 1.165) is 5.52 Å². The molecule has 2 heteroatoms. The highest BCUT2D eigenvalue weighted by molar-refractivity contribution is 5.82. The van der Waals surface area contributed by atoms with Crippen LogP contribution >= 0.6 is 0 Å². The summed E-state index contributed by atoms with van der Waals surface area (Å²) in [6.45, 7) is 2.13. The van der Waals surface area contributed by atoms with Gasteiger partial charge in [0.05, 0.1) is 22.9 Å². The number of hydrogen-bond donors (Lipinski definition) is 0. The average Bonchev–Trinajstić information content (AvgIpc) is 3.17. The third-order valence-electron chi connectivity index (χ3n) is 5.22. The van der Waals surface area contributed by atoms with Crippen molar-refractivity contribution in [3.8, 4) is 11.1 Å². The van der Waals surface area contributed by atoms with Gasteiger partial charge in [0.15, 0.2) is 0 Å². The SMILES string of the molecule is Cc1cccc(-c2ccc3c(c2)ncn3C23C=CC=CC2C3)c1. The van der Waals surface area contributed by atoms with Crippen LogP contribution in [-0.4, -0.2) is 9.55 Å². The highest BCUT2D eigenvalue weighted by Gasteiger charge is 2.53. The molecule has 2 atom stereocenters.